The Morgan fingerprint density at radius 2 is 1.62 bits per heavy atom. The zero-order valence-corrected chi connectivity index (χ0v) is 15.0. The predicted octanol–water partition coefficient (Wildman–Crippen LogP) is 4.14. The fourth-order valence-electron chi connectivity index (χ4n) is 2.74. The van der Waals surface area contributed by atoms with Crippen molar-refractivity contribution in [3.05, 3.63) is 78.1 Å². The van der Waals surface area contributed by atoms with Crippen molar-refractivity contribution in [3.8, 4) is 5.75 Å². The summed E-state index contributed by atoms with van der Waals surface area (Å²) < 4.78 is 5.37. The maximum atomic E-state index is 5.37. The summed E-state index contributed by atoms with van der Waals surface area (Å²) in [6, 6.07) is 20.4. The molecule has 0 amide bonds. The van der Waals surface area contributed by atoms with Gasteiger partial charge in [-0.25, -0.2) is 9.97 Å². The van der Waals surface area contributed by atoms with Crippen molar-refractivity contribution in [1.29, 1.82) is 0 Å². The number of ether oxygens (including phenoxy) is 1. The second-order valence-electron chi connectivity index (χ2n) is 5.97. The second kappa shape index (κ2) is 9.42. The maximum absolute atomic E-state index is 5.37. The number of hydrogen-bond acceptors (Lipinski definition) is 5. The molecule has 0 radical (unpaired) electrons. The number of aromatic nitrogens is 2. The first kappa shape index (κ1) is 17.7. The number of nitrogens with one attached hydrogen (secondary N) is 2. The van der Waals surface area contributed by atoms with Gasteiger partial charge in [0.1, 0.15) is 23.7 Å². The molecule has 0 spiro atoms. The maximum Gasteiger partial charge on any atom is 0.131 e. The molecule has 26 heavy (non-hydrogen) atoms. The quantitative estimate of drug-likeness (QED) is 0.569. The Morgan fingerprint density at radius 1 is 0.885 bits per heavy atom. The molecule has 1 aromatic heterocycles. The molecule has 0 bridgehead atoms. The van der Waals surface area contributed by atoms with Crippen molar-refractivity contribution in [2.24, 2.45) is 0 Å². The topological polar surface area (TPSA) is 59.1 Å². The molecule has 0 saturated carbocycles. The summed E-state index contributed by atoms with van der Waals surface area (Å²) in [6.07, 6.45) is 3.68. The third kappa shape index (κ3) is 5.21. The fraction of sp³-hybridized carbons (Fsp3) is 0.238. The lowest BCUT2D eigenvalue weighted by atomic mass is 10.1. The molecule has 0 saturated heterocycles. The number of anilines is 2. The molecule has 134 valence electrons. The van der Waals surface area contributed by atoms with Crippen LogP contribution in [0.5, 0.6) is 5.75 Å². The zero-order valence-electron chi connectivity index (χ0n) is 15.0. The van der Waals surface area contributed by atoms with Gasteiger partial charge in [-0.2, -0.15) is 0 Å². The molecule has 5 heteroatoms. The van der Waals surface area contributed by atoms with Crippen molar-refractivity contribution in [1.82, 2.24) is 9.97 Å². The second-order valence-corrected chi connectivity index (χ2v) is 5.97. The first-order chi connectivity index (χ1) is 12.8. The minimum atomic E-state index is 0.647. The van der Waals surface area contributed by atoms with Gasteiger partial charge >= 0.3 is 0 Å². The van der Waals surface area contributed by atoms with Crippen LogP contribution in [0.4, 0.5) is 11.6 Å². The van der Waals surface area contributed by atoms with E-state index in [9.17, 15) is 0 Å². The normalized spacial score (nSPS) is 10.3. The fourth-order valence-corrected chi connectivity index (χ4v) is 2.74. The van der Waals surface area contributed by atoms with Crippen LogP contribution >= 0.6 is 0 Å². The Labute approximate surface area is 154 Å². The van der Waals surface area contributed by atoms with Gasteiger partial charge in [-0.3, -0.25) is 0 Å². The van der Waals surface area contributed by atoms with Gasteiger partial charge in [0.15, 0.2) is 0 Å². The molecule has 0 aliphatic rings. The van der Waals surface area contributed by atoms with Crippen LogP contribution in [-0.2, 0) is 13.0 Å². The van der Waals surface area contributed by atoms with E-state index in [1.807, 2.05) is 36.4 Å². The number of rotatable bonds is 9. The summed E-state index contributed by atoms with van der Waals surface area (Å²) in [5.74, 6) is 2.49. The van der Waals surface area contributed by atoms with E-state index in [1.54, 1.807) is 13.4 Å². The molecule has 0 unspecified atom stereocenters. The molecular weight excluding hydrogens is 324 g/mol. The van der Waals surface area contributed by atoms with Crippen LogP contribution in [0.2, 0.25) is 0 Å². The third-order valence-electron chi connectivity index (χ3n) is 4.11. The first-order valence-corrected chi connectivity index (χ1v) is 8.81. The minimum Gasteiger partial charge on any atom is -0.496 e. The molecule has 3 rings (SSSR count). The van der Waals surface area contributed by atoms with Gasteiger partial charge in [0, 0.05) is 24.7 Å². The van der Waals surface area contributed by atoms with Crippen LogP contribution in [-0.4, -0.2) is 23.6 Å². The smallest absolute Gasteiger partial charge is 0.131 e. The van der Waals surface area contributed by atoms with Gasteiger partial charge in [-0.05, 0) is 24.5 Å². The standard InChI is InChI=1S/C21H24N4O/c1-26-19-12-6-5-11-18(19)15-23-21-14-20(24-16-25-21)22-13-7-10-17-8-3-2-4-9-17/h2-6,8-9,11-12,14,16H,7,10,13,15H2,1H3,(H2,22,23,24,25). The van der Waals surface area contributed by atoms with Crippen molar-refractivity contribution in [3.63, 3.8) is 0 Å². The summed E-state index contributed by atoms with van der Waals surface area (Å²) in [5, 5.41) is 6.68. The van der Waals surface area contributed by atoms with E-state index >= 15 is 0 Å². The third-order valence-corrected chi connectivity index (χ3v) is 4.11. The summed E-state index contributed by atoms with van der Waals surface area (Å²) >= 11 is 0. The average Bonchev–Trinajstić information content (AvgIpc) is 2.71. The Kier molecular flexibility index (Phi) is 6.42. The van der Waals surface area contributed by atoms with Crippen molar-refractivity contribution < 1.29 is 4.74 Å². The van der Waals surface area contributed by atoms with Crippen LogP contribution in [0.25, 0.3) is 0 Å². The average molecular weight is 348 g/mol. The molecule has 3 aromatic rings. The number of aryl methyl sites for hydroxylation is 1. The zero-order chi connectivity index (χ0) is 18.0. The predicted molar refractivity (Wildman–Crippen MR) is 106 cm³/mol. The van der Waals surface area contributed by atoms with E-state index in [0.717, 1.165) is 42.3 Å². The van der Waals surface area contributed by atoms with E-state index in [2.05, 4.69) is 44.9 Å². The lowest BCUT2D eigenvalue weighted by molar-refractivity contribution is 0.410. The first-order valence-electron chi connectivity index (χ1n) is 8.81. The van der Waals surface area contributed by atoms with Gasteiger partial charge in [0.2, 0.25) is 0 Å². The monoisotopic (exact) mass is 348 g/mol. The molecular formula is C21H24N4O. The Morgan fingerprint density at radius 3 is 2.42 bits per heavy atom. The van der Waals surface area contributed by atoms with Gasteiger partial charge in [-0.15, -0.1) is 0 Å². The highest BCUT2D eigenvalue weighted by atomic mass is 16.5. The number of nitrogens with zero attached hydrogens (tertiary/aromatic N) is 2. The van der Waals surface area contributed by atoms with E-state index in [0.29, 0.717) is 6.54 Å². The molecule has 0 fully saturated rings. The Bertz CT molecular complexity index is 808. The number of hydrogen-bond donors (Lipinski definition) is 2. The molecule has 5 nitrogen and oxygen atoms in total. The van der Waals surface area contributed by atoms with E-state index < -0.39 is 0 Å². The van der Waals surface area contributed by atoms with E-state index in [4.69, 9.17) is 4.74 Å². The van der Waals surface area contributed by atoms with Crippen LogP contribution in [0.3, 0.4) is 0 Å². The Balaban J connectivity index is 1.48. The van der Waals surface area contributed by atoms with E-state index in [1.165, 1.54) is 5.56 Å². The molecule has 2 N–H and O–H groups in total. The molecule has 1 heterocycles. The molecule has 0 aliphatic heterocycles. The highest BCUT2D eigenvalue weighted by Crippen LogP contribution is 2.19. The number of para-hydroxylation sites is 1. The van der Waals surface area contributed by atoms with Crippen LogP contribution in [0.1, 0.15) is 17.5 Å². The van der Waals surface area contributed by atoms with Crippen molar-refractivity contribution in [2.75, 3.05) is 24.3 Å². The summed E-state index contributed by atoms with van der Waals surface area (Å²) in [7, 11) is 1.68. The summed E-state index contributed by atoms with van der Waals surface area (Å²) in [6.45, 7) is 1.52. The summed E-state index contributed by atoms with van der Waals surface area (Å²) in [4.78, 5) is 8.57. The van der Waals surface area contributed by atoms with Gasteiger partial charge < -0.3 is 15.4 Å². The van der Waals surface area contributed by atoms with Crippen molar-refractivity contribution in [2.45, 2.75) is 19.4 Å². The number of benzene rings is 2. The molecule has 0 atom stereocenters. The highest BCUT2D eigenvalue weighted by Gasteiger charge is 2.03. The van der Waals surface area contributed by atoms with Gasteiger partial charge in [0.05, 0.1) is 7.11 Å². The van der Waals surface area contributed by atoms with E-state index in [-0.39, 0.29) is 0 Å². The van der Waals surface area contributed by atoms with Crippen molar-refractivity contribution >= 4 is 11.6 Å². The summed E-state index contributed by atoms with van der Waals surface area (Å²) in [5.41, 5.74) is 2.45. The lowest BCUT2D eigenvalue weighted by Crippen LogP contribution is -2.07. The van der Waals surface area contributed by atoms with Crippen LogP contribution in [0, 0.1) is 0 Å². The van der Waals surface area contributed by atoms with Gasteiger partial charge in [0.25, 0.3) is 0 Å². The lowest BCUT2D eigenvalue weighted by Gasteiger charge is -2.11. The van der Waals surface area contributed by atoms with Gasteiger partial charge in [-0.1, -0.05) is 48.5 Å². The minimum absolute atomic E-state index is 0.647. The SMILES string of the molecule is COc1ccccc1CNc1cc(NCCCc2ccccc2)ncn1. The largest absolute Gasteiger partial charge is 0.496 e. The van der Waals surface area contributed by atoms with Crippen LogP contribution < -0.4 is 15.4 Å². The number of methoxy groups -OCH3 is 1. The molecule has 0 aliphatic carbocycles. The van der Waals surface area contributed by atoms with Crippen LogP contribution in [0.15, 0.2) is 67.0 Å². The molecule has 2 aromatic carbocycles. The Hall–Kier alpha value is -3.08. The highest BCUT2D eigenvalue weighted by molar-refractivity contribution is 5.47.